The van der Waals surface area contributed by atoms with Crippen LogP contribution in [0.25, 0.3) is 0 Å². The molecule has 1 rings (SSSR count). The van der Waals surface area contributed by atoms with Crippen molar-refractivity contribution in [2.75, 3.05) is 13.2 Å². The van der Waals surface area contributed by atoms with Crippen LogP contribution in [0.4, 0.5) is 0 Å². The van der Waals surface area contributed by atoms with E-state index in [-0.39, 0.29) is 0 Å². The van der Waals surface area contributed by atoms with E-state index >= 15 is 0 Å². The van der Waals surface area contributed by atoms with Gasteiger partial charge in [0, 0.05) is 6.61 Å². The van der Waals surface area contributed by atoms with Crippen LogP contribution in [0.15, 0.2) is 0 Å². The molecule has 0 spiro atoms. The van der Waals surface area contributed by atoms with Gasteiger partial charge in [-0.1, -0.05) is 33.6 Å². The zero-order valence-corrected chi connectivity index (χ0v) is 14.7. The van der Waals surface area contributed by atoms with Gasteiger partial charge in [0.25, 0.3) is 0 Å². The molecule has 0 bridgehead atoms. The highest BCUT2D eigenvalue weighted by atomic mass is 28.4. The normalized spacial score (nSPS) is 23.4. The topological polar surface area (TPSA) is 38.7 Å². The molecule has 2 atom stereocenters. The summed E-state index contributed by atoms with van der Waals surface area (Å²) in [6.07, 6.45) is 7.48. The maximum absolute atomic E-state index is 8.77. The van der Waals surface area contributed by atoms with E-state index in [1.54, 1.807) is 0 Å². The molecule has 0 saturated carbocycles. The second kappa shape index (κ2) is 9.93. The quantitative estimate of drug-likeness (QED) is 0.461. The van der Waals surface area contributed by atoms with Crippen molar-refractivity contribution in [1.29, 1.82) is 0 Å². The monoisotopic (exact) mass is 302 g/mol. The average Bonchev–Trinajstić information content (AvgIpc) is 2.94. The van der Waals surface area contributed by atoms with E-state index in [1.807, 2.05) is 0 Å². The fourth-order valence-electron chi connectivity index (χ4n) is 3.10. The summed E-state index contributed by atoms with van der Waals surface area (Å²) in [5.74, 6) is 0. The summed E-state index contributed by atoms with van der Waals surface area (Å²) in [6, 6.07) is 3.66. The fraction of sp³-hybridized carbons (Fsp3) is 1.00. The smallest absolute Gasteiger partial charge is 0.192 e. The Labute approximate surface area is 126 Å². The largest absolute Gasteiger partial charge is 0.414 e. The molecule has 1 aliphatic heterocycles. The molecule has 0 radical (unpaired) electrons. The van der Waals surface area contributed by atoms with Crippen LogP contribution < -0.4 is 0 Å². The van der Waals surface area contributed by atoms with Crippen molar-refractivity contribution >= 4 is 8.32 Å². The lowest BCUT2D eigenvalue weighted by Gasteiger charge is -2.29. The lowest BCUT2D eigenvalue weighted by atomic mass is 10.1. The molecule has 1 aliphatic rings. The van der Waals surface area contributed by atoms with Crippen LogP contribution >= 0.6 is 0 Å². The molecule has 1 fully saturated rings. The fourth-order valence-corrected chi connectivity index (χ4v) is 5.75. The van der Waals surface area contributed by atoms with E-state index in [9.17, 15) is 0 Å². The summed E-state index contributed by atoms with van der Waals surface area (Å²) < 4.78 is 12.4. The number of aliphatic hydroxyl groups excluding tert-OH is 1. The number of ether oxygens (including phenoxy) is 1. The molecule has 0 aromatic heterocycles. The Balaban J connectivity index is 2.20. The van der Waals surface area contributed by atoms with Crippen molar-refractivity contribution in [2.45, 2.75) is 89.6 Å². The molecular weight excluding hydrogens is 268 g/mol. The third-order valence-corrected chi connectivity index (χ3v) is 9.53. The maximum Gasteiger partial charge on any atom is 0.192 e. The minimum Gasteiger partial charge on any atom is -0.414 e. The van der Waals surface area contributed by atoms with Gasteiger partial charge in [0.2, 0.25) is 0 Å². The number of hydrogen-bond donors (Lipinski definition) is 1. The van der Waals surface area contributed by atoms with Gasteiger partial charge in [-0.15, -0.1) is 0 Å². The van der Waals surface area contributed by atoms with Gasteiger partial charge in [-0.2, -0.15) is 0 Å². The zero-order valence-electron chi connectivity index (χ0n) is 13.7. The predicted octanol–water partition coefficient (Wildman–Crippen LogP) is 4.11. The van der Waals surface area contributed by atoms with Gasteiger partial charge in [0.05, 0.1) is 18.8 Å². The lowest BCUT2D eigenvalue weighted by molar-refractivity contribution is 0.0109. The molecule has 0 aliphatic carbocycles. The van der Waals surface area contributed by atoms with Crippen LogP contribution in [-0.4, -0.2) is 38.8 Å². The first-order valence-electron chi connectivity index (χ1n) is 8.60. The van der Waals surface area contributed by atoms with Crippen LogP contribution in [0.5, 0.6) is 0 Å². The lowest BCUT2D eigenvalue weighted by Crippen LogP contribution is -2.38. The van der Waals surface area contributed by atoms with Crippen molar-refractivity contribution in [3.8, 4) is 0 Å². The van der Waals surface area contributed by atoms with Gasteiger partial charge in [0.15, 0.2) is 8.32 Å². The summed E-state index contributed by atoms with van der Waals surface area (Å²) in [5, 5.41) is 8.77. The zero-order chi connectivity index (χ0) is 14.8. The molecular formula is C16H34O3Si. The molecule has 0 aromatic rings. The molecule has 120 valence electrons. The van der Waals surface area contributed by atoms with Gasteiger partial charge in [-0.25, -0.2) is 0 Å². The van der Waals surface area contributed by atoms with Gasteiger partial charge in [0.1, 0.15) is 0 Å². The maximum atomic E-state index is 8.77. The van der Waals surface area contributed by atoms with E-state index in [1.165, 1.54) is 31.0 Å². The highest BCUT2D eigenvalue weighted by molar-refractivity contribution is 6.73. The molecule has 0 unspecified atom stereocenters. The molecule has 0 amide bonds. The van der Waals surface area contributed by atoms with Gasteiger partial charge in [-0.3, -0.25) is 0 Å². The van der Waals surface area contributed by atoms with Crippen LogP contribution in [0.1, 0.15) is 59.3 Å². The van der Waals surface area contributed by atoms with E-state index in [0.717, 1.165) is 32.3 Å². The molecule has 1 saturated heterocycles. The Morgan fingerprint density at radius 2 is 1.65 bits per heavy atom. The third-order valence-electron chi connectivity index (χ3n) is 4.89. The van der Waals surface area contributed by atoms with Crippen LogP contribution in [-0.2, 0) is 9.16 Å². The van der Waals surface area contributed by atoms with E-state index in [2.05, 4.69) is 20.8 Å². The van der Waals surface area contributed by atoms with E-state index < -0.39 is 8.32 Å². The molecule has 20 heavy (non-hydrogen) atoms. The first-order chi connectivity index (χ1) is 9.69. The summed E-state index contributed by atoms with van der Waals surface area (Å²) >= 11 is 0. The predicted molar refractivity (Wildman–Crippen MR) is 86.6 cm³/mol. The standard InChI is InChI=1S/C16H34O3Si/c1-4-20(5-2,6-3)18-14-16-12-11-15(19-16)10-8-7-9-13-17/h15-17H,4-14H2,1-3H3/t15-,16-/m0/s1. The number of unbranched alkanes of at least 4 members (excludes halogenated alkanes) is 2. The first-order valence-corrected chi connectivity index (χ1v) is 11.1. The van der Waals surface area contributed by atoms with E-state index in [0.29, 0.717) is 18.8 Å². The summed E-state index contributed by atoms with van der Waals surface area (Å²) in [7, 11) is -1.45. The third kappa shape index (κ3) is 5.84. The molecule has 4 heteroatoms. The second-order valence-electron chi connectivity index (χ2n) is 6.09. The molecule has 0 aromatic carbocycles. The molecule has 1 N–H and O–H groups in total. The van der Waals surface area contributed by atoms with Crippen molar-refractivity contribution in [3.05, 3.63) is 0 Å². The molecule has 1 heterocycles. The van der Waals surface area contributed by atoms with Gasteiger partial charge < -0.3 is 14.3 Å². The van der Waals surface area contributed by atoms with Crippen molar-refractivity contribution in [3.63, 3.8) is 0 Å². The second-order valence-corrected chi connectivity index (χ2v) is 10.9. The SMILES string of the molecule is CC[Si](CC)(CC)OC[C@@H]1CC[C@H](CCCCCO)O1. The summed E-state index contributed by atoms with van der Waals surface area (Å²) in [5.41, 5.74) is 0. The highest BCUT2D eigenvalue weighted by Crippen LogP contribution is 2.27. The number of aliphatic hydroxyl groups is 1. The first kappa shape index (κ1) is 18.1. The highest BCUT2D eigenvalue weighted by Gasteiger charge is 2.32. The number of rotatable bonds is 11. The van der Waals surface area contributed by atoms with Gasteiger partial charge >= 0.3 is 0 Å². The minimum atomic E-state index is -1.45. The Bertz CT molecular complexity index is 236. The Morgan fingerprint density at radius 3 is 2.25 bits per heavy atom. The van der Waals surface area contributed by atoms with Crippen LogP contribution in [0.2, 0.25) is 18.1 Å². The Hall–Kier alpha value is 0.0969. The Morgan fingerprint density at radius 1 is 1.00 bits per heavy atom. The minimum absolute atomic E-state index is 0.319. The van der Waals surface area contributed by atoms with Crippen molar-refractivity contribution in [2.24, 2.45) is 0 Å². The van der Waals surface area contributed by atoms with Crippen LogP contribution in [0.3, 0.4) is 0 Å². The van der Waals surface area contributed by atoms with Crippen LogP contribution in [0, 0.1) is 0 Å². The summed E-state index contributed by atoms with van der Waals surface area (Å²) in [4.78, 5) is 0. The van der Waals surface area contributed by atoms with Crippen molar-refractivity contribution in [1.82, 2.24) is 0 Å². The molecule has 3 nitrogen and oxygen atoms in total. The van der Waals surface area contributed by atoms with E-state index in [4.69, 9.17) is 14.3 Å². The average molecular weight is 303 g/mol. The summed E-state index contributed by atoms with van der Waals surface area (Å²) in [6.45, 7) is 7.96. The van der Waals surface area contributed by atoms with Gasteiger partial charge in [-0.05, 0) is 43.8 Å². The Kier molecular flexibility index (Phi) is 9.01. The van der Waals surface area contributed by atoms with Crippen molar-refractivity contribution < 1.29 is 14.3 Å². The number of hydrogen-bond acceptors (Lipinski definition) is 3.